The van der Waals surface area contributed by atoms with Crippen LogP contribution in [0.2, 0.25) is 0 Å². The predicted molar refractivity (Wildman–Crippen MR) is 131 cm³/mol. The van der Waals surface area contributed by atoms with E-state index in [1.165, 1.54) is 5.57 Å². The summed E-state index contributed by atoms with van der Waals surface area (Å²) in [5, 5.41) is 18.5. The third-order valence-corrected chi connectivity index (χ3v) is 8.40. The van der Waals surface area contributed by atoms with Crippen LogP contribution < -0.4 is 4.72 Å². The number of rotatable bonds is 4. The number of anilines is 1. The van der Waals surface area contributed by atoms with Crippen molar-refractivity contribution in [3.8, 4) is 17.5 Å². The number of hydrogen-bond donors (Lipinski definition) is 1. The van der Waals surface area contributed by atoms with E-state index in [0.717, 1.165) is 5.69 Å². The summed E-state index contributed by atoms with van der Waals surface area (Å²) in [6.45, 7) is 8.44. The second-order valence-electron chi connectivity index (χ2n) is 9.45. The van der Waals surface area contributed by atoms with E-state index in [-0.39, 0.29) is 5.41 Å². The highest BCUT2D eigenvalue weighted by Crippen LogP contribution is 2.36. The molecule has 3 aromatic heterocycles. The van der Waals surface area contributed by atoms with Crippen LogP contribution in [-0.4, -0.2) is 34.2 Å². The molecule has 1 N–H and O–H groups in total. The fourth-order valence-electron chi connectivity index (χ4n) is 3.80. The van der Waals surface area contributed by atoms with Crippen LogP contribution in [0.25, 0.3) is 16.9 Å². The molecule has 8 heteroatoms. The van der Waals surface area contributed by atoms with Gasteiger partial charge in [-0.1, -0.05) is 39.0 Å². The van der Waals surface area contributed by atoms with Gasteiger partial charge in [-0.3, -0.25) is 9.40 Å². The lowest BCUT2D eigenvalue weighted by Gasteiger charge is -2.34. The summed E-state index contributed by atoms with van der Waals surface area (Å²) in [6, 6.07) is 9.34. The van der Waals surface area contributed by atoms with Crippen LogP contribution in [0.5, 0.6) is 0 Å². The third-order valence-electron chi connectivity index (χ3n) is 6.06. The van der Waals surface area contributed by atoms with Crippen molar-refractivity contribution in [3.63, 3.8) is 0 Å². The quantitative estimate of drug-likeness (QED) is 0.602. The molecule has 0 radical (unpaired) electrons. The first-order chi connectivity index (χ1) is 14.9. The van der Waals surface area contributed by atoms with Crippen molar-refractivity contribution in [3.05, 3.63) is 59.8 Å². The van der Waals surface area contributed by atoms with Gasteiger partial charge in [0.05, 0.1) is 31.2 Å². The highest BCUT2D eigenvalue weighted by atomic mass is 32.2. The number of nitriles is 1. The maximum atomic E-state index is 13.9. The molecule has 3 aromatic rings. The smallest absolute Gasteiger partial charge is 0.139 e. The SMILES string of the molecule is C=S(=O)(Nc1ccc(C#N)c2cc(-c3ccnn3C)nn12)C1(C)C=CC(C(C)(C)C)=CC1. The minimum Gasteiger partial charge on any atom is -0.297 e. The molecule has 166 valence electrons. The highest BCUT2D eigenvalue weighted by Gasteiger charge is 2.34. The average molecular weight is 449 g/mol. The number of nitrogens with zero attached hydrogens (tertiary/aromatic N) is 5. The average Bonchev–Trinajstić information content (AvgIpc) is 3.34. The maximum Gasteiger partial charge on any atom is 0.139 e. The Bertz CT molecular complexity index is 1410. The van der Waals surface area contributed by atoms with Crippen molar-refractivity contribution in [2.45, 2.75) is 38.9 Å². The molecule has 1 aliphatic carbocycles. The summed E-state index contributed by atoms with van der Waals surface area (Å²) in [4.78, 5) is 0. The van der Waals surface area contributed by atoms with Crippen LogP contribution in [0.3, 0.4) is 0 Å². The number of aromatic nitrogens is 4. The summed E-state index contributed by atoms with van der Waals surface area (Å²) >= 11 is 0. The van der Waals surface area contributed by atoms with Gasteiger partial charge in [-0.15, -0.1) is 0 Å². The van der Waals surface area contributed by atoms with Crippen molar-refractivity contribution in [1.82, 2.24) is 19.4 Å². The van der Waals surface area contributed by atoms with Gasteiger partial charge in [0.25, 0.3) is 0 Å². The molecular weight excluding hydrogens is 420 g/mol. The number of nitrogens with one attached hydrogen (secondary N) is 1. The molecule has 3 heterocycles. The van der Waals surface area contributed by atoms with Crippen LogP contribution in [0.1, 0.15) is 39.7 Å². The zero-order valence-corrected chi connectivity index (χ0v) is 19.9. The molecule has 0 aromatic carbocycles. The lowest BCUT2D eigenvalue weighted by atomic mass is 9.82. The van der Waals surface area contributed by atoms with Crippen molar-refractivity contribution in [2.75, 3.05) is 4.72 Å². The van der Waals surface area contributed by atoms with Gasteiger partial charge in [-0.2, -0.15) is 15.5 Å². The summed E-state index contributed by atoms with van der Waals surface area (Å²) < 4.78 is 19.7. The Hall–Kier alpha value is -3.31. The molecule has 0 bridgehead atoms. The molecule has 0 spiro atoms. The number of allylic oxidation sites excluding steroid dienone is 3. The monoisotopic (exact) mass is 448 g/mol. The van der Waals surface area contributed by atoms with Crippen LogP contribution in [-0.2, 0) is 16.8 Å². The van der Waals surface area contributed by atoms with Crippen molar-refractivity contribution < 1.29 is 4.21 Å². The van der Waals surface area contributed by atoms with E-state index in [1.54, 1.807) is 27.5 Å². The second-order valence-corrected chi connectivity index (χ2v) is 11.9. The zero-order chi connectivity index (χ0) is 23.3. The summed E-state index contributed by atoms with van der Waals surface area (Å²) in [6.07, 6.45) is 8.52. The first kappa shape index (κ1) is 21.9. The minimum absolute atomic E-state index is 0.0316. The Kier molecular flexibility index (Phi) is 5.05. The van der Waals surface area contributed by atoms with Gasteiger partial charge >= 0.3 is 0 Å². The van der Waals surface area contributed by atoms with E-state index in [1.807, 2.05) is 32.2 Å². The molecule has 0 saturated heterocycles. The van der Waals surface area contributed by atoms with Crippen molar-refractivity contribution in [2.24, 2.45) is 12.5 Å². The van der Waals surface area contributed by atoms with Crippen molar-refractivity contribution >= 4 is 26.9 Å². The van der Waals surface area contributed by atoms with Gasteiger partial charge < -0.3 is 0 Å². The normalized spacial score (nSPS) is 20.6. The standard InChI is InChI=1S/C24H28N6OS/c1-23(2,3)18-9-12-24(4,13-10-18)32(6,31)28-22-8-7-17(16-25)21-15-19(27-30(21)22)20-11-14-26-29(20)5/h7-12,14-15H,6,13H2,1-5H3,(H,28,31). The topological polar surface area (TPSA) is 88.0 Å². The summed E-state index contributed by atoms with van der Waals surface area (Å²) in [5.41, 5.74) is 3.86. The van der Waals surface area contributed by atoms with Crippen LogP contribution >= 0.6 is 0 Å². The first-order valence-electron chi connectivity index (χ1n) is 10.4. The van der Waals surface area contributed by atoms with Gasteiger partial charge in [-0.05, 0) is 54.5 Å². The fraction of sp³-hybridized carbons (Fsp3) is 0.333. The van der Waals surface area contributed by atoms with Crippen LogP contribution in [0.15, 0.2) is 54.3 Å². The van der Waals surface area contributed by atoms with Gasteiger partial charge in [0, 0.05) is 13.2 Å². The number of fused-ring (bicyclic) bond motifs is 1. The van der Waals surface area contributed by atoms with Crippen molar-refractivity contribution in [1.29, 1.82) is 5.26 Å². The molecular formula is C24H28N6OS. The summed E-state index contributed by atoms with van der Waals surface area (Å²) in [7, 11) is -0.976. The predicted octanol–water partition coefficient (Wildman–Crippen LogP) is 4.34. The molecule has 0 aliphatic heterocycles. The molecule has 2 unspecified atom stereocenters. The van der Waals surface area contributed by atoms with Gasteiger partial charge in [0.1, 0.15) is 17.6 Å². The molecule has 2 atom stereocenters. The lowest BCUT2D eigenvalue weighted by Crippen LogP contribution is -2.39. The molecule has 4 rings (SSSR count). The maximum absolute atomic E-state index is 13.9. The lowest BCUT2D eigenvalue weighted by molar-refractivity contribution is 0.508. The van der Waals surface area contributed by atoms with Gasteiger partial charge in [0.2, 0.25) is 0 Å². The largest absolute Gasteiger partial charge is 0.297 e. The molecule has 7 nitrogen and oxygen atoms in total. The second kappa shape index (κ2) is 7.38. The Balaban J connectivity index is 1.74. The zero-order valence-electron chi connectivity index (χ0n) is 19.1. The van der Waals surface area contributed by atoms with Crippen LogP contribution in [0, 0.1) is 16.7 Å². The molecule has 0 amide bonds. The van der Waals surface area contributed by atoms with E-state index in [0.29, 0.717) is 29.0 Å². The Morgan fingerprint density at radius 2 is 2.06 bits per heavy atom. The van der Waals surface area contributed by atoms with E-state index in [9.17, 15) is 9.47 Å². The number of pyridine rings is 1. The third kappa shape index (κ3) is 3.63. The molecule has 0 fully saturated rings. The Morgan fingerprint density at radius 1 is 1.31 bits per heavy atom. The summed E-state index contributed by atoms with van der Waals surface area (Å²) in [5.74, 6) is 4.61. The van der Waals surface area contributed by atoms with E-state index >= 15 is 0 Å². The fourth-order valence-corrected chi connectivity index (χ4v) is 5.16. The Morgan fingerprint density at radius 3 is 2.62 bits per heavy atom. The van der Waals surface area contributed by atoms with Crippen LogP contribution in [0.4, 0.5) is 5.82 Å². The minimum atomic E-state index is -2.81. The van der Waals surface area contributed by atoms with E-state index in [2.05, 4.69) is 59.8 Å². The number of aryl methyl sites for hydroxylation is 1. The van der Waals surface area contributed by atoms with Gasteiger partial charge in [0.15, 0.2) is 0 Å². The highest BCUT2D eigenvalue weighted by molar-refractivity contribution is 8.02. The molecule has 32 heavy (non-hydrogen) atoms. The first-order valence-corrected chi connectivity index (χ1v) is 12.1. The number of hydrogen-bond acceptors (Lipinski definition) is 4. The Labute approximate surface area is 189 Å². The van der Waals surface area contributed by atoms with E-state index in [4.69, 9.17) is 0 Å². The molecule has 1 aliphatic rings. The van der Waals surface area contributed by atoms with Gasteiger partial charge in [-0.25, -0.2) is 8.72 Å². The molecule has 0 saturated carbocycles. The van der Waals surface area contributed by atoms with E-state index < -0.39 is 14.5 Å².